The zero-order valence-electron chi connectivity index (χ0n) is 23.5. The summed E-state index contributed by atoms with van der Waals surface area (Å²) in [7, 11) is 0. The minimum absolute atomic E-state index is 0.0152. The van der Waals surface area contributed by atoms with Crippen LogP contribution in [0.3, 0.4) is 0 Å². The minimum atomic E-state index is -1.16. The van der Waals surface area contributed by atoms with Crippen LogP contribution in [0.25, 0.3) is 11.1 Å². The van der Waals surface area contributed by atoms with Crippen molar-refractivity contribution in [1.29, 1.82) is 5.26 Å². The Morgan fingerprint density at radius 2 is 1.91 bits per heavy atom. The lowest BCUT2D eigenvalue weighted by atomic mass is 9.90. The van der Waals surface area contributed by atoms with E-state index in [1.54, 1.807) is 18.3 Å². The van der Waals surface area contributed by atoms with Crippen LogP contribution >= 0.6 is 11.6 Å². The summed E-state index contributed by atoms with van der Waals surface area (Å²) in [4.78, 5) is 15.5. The molecule has 0 fully saturated rings. The van der Waals surface area contributed by atoms with Gasteiger partial charge in [-0.15, -0.1) is 0 Å². The van der Waals surface area contributed by atoms with Crippen molar-refractivity contribution >= 4 is 17.6 Å². The van der Waals surface area contributed by atoms with E-state index in [4.69, 9.17) is 16.3 Å². The highest BCUT2D eigenvalue weighted by molar-refractivity contribution is 6.31. The Morgan fingerprint density at radius 3 is 2.63 bits per heavy atom. The molecule has 1 heterocycles. The predicted octanol–water partition coefficient (Wildman–Crippen LogP) is 5.15. The molecule has 220 valence electrons. The van der Waals surface area contributed by atoms with Crippen molar-refractivity contribution in [2.75, 3.05) is 6.61 Å². The molecule has 1 aliphatic rings. The molecule has 9 heteroatoms. The van der Waals surface area contributed by atoms with Gasteiger partial charge in [-0.3, -0.25) is 15.1 Å². The lowest BCUT2D eigenvalue weighted by Gasteiger charge is -2.19. The summed E-state index contributed by atoms with van der Waals surface area (Å²) in [5, 5.41) is 40.9. The zero-order valence-corrected chi connectivity index (χ0v) is 24.2. The first-order valence-corrected chi connectivity index (χ1v) is 14.4. The van der Waals surface area contributed by atoms with Gasteiger partial charge in [-0.25, -0.2) is 0 Å². The third-order valence-corrected chi connectivity index (χ3v) is 8.23. The molecule has 1 aromatic heterocycles. The molecule has 0 amide bonds. The summed E-state index contributed by atoms with van der Waals surface area (Å²) in [5.74, 6) is -0.369. The average molecular weight is 598 g/mol. The molecule has 0 aliphatic heterocycles. The number of halogens is 1. The van der Waals surface area contributed by atoms with E-state index in [0.29, 0.717) is 28.3 Å². The number of nitriles is 1. The highest BCUT2D eigenvalue weighted by Gasteiger charge is 2.26. The molecule has 8 nitrogen and oxygen atoms in total. The van der Waals surface area contributed by atoms with Crippen LogP contribution in [-0.4, -0.2) is 38.9 Å². The summed E-state index contributed by atoms with van der Waals surface area (Å²) >= 11 is 6.82. The summed E-state index contributed by atoms with van der Waals surface area (Å²) in [6.07, 6.45) is 5.73. The van der Waals surface area contributed by atoms with E-state index in [1.165, 1.54) is 22.9 Å². The number of carbonyl (C=O) groups is 1. The minimum Gasteiger partial charge on any atom is -0.489 e. The summed E-state index contributed by atoms with van der Waals surface area (Å²) < 4.78 is 6.20. The second-order valence-corrected chi connectivity index (χ2v) is 11.1. The number of aliphatic hydroxyl groups excluding tert-OH is 2. The van der Waals surface area contributed by atoms with Crippen LogP contribution in [0.5, 0.6) is 5.75 Å². The number of aliphatic carboxylic acids is 1. The van der Waals surface area contributed by atoms with Gasteiger partial charge in [0.2, 0.25) is 0 Å². The SMILES string of the molecule is N#Cc1cncc(COc2cc(C[C@H]3CCc4c(-c5ccc(CO)cc5)cccc43)c(Cl)cc2CNC(CO)C(=O)O)c1. The van der Waals surface area contributed by atoms with Crippen LogP contribution in [-0.2, 0) is 37.4 Å². The number of rotatable bonds is 12. The van der Waals surface area contributed by atoms with Gasteiger partial charge in [0, 0.05) is 35.1 Å². The summed E-state index contributed by atoms with van der Waals surface area (Å²) in [5.41, 5.74) is 8.53. The number of hydrogen-bond acceptors (Lipinski definition) is 7. The maximum Gasteiger partial charge on any atom is 0.323 e. The smallest absolute Gasteiger partial charge is 0.323 e. The van der Waals surface area contributed by atoms with E-state index in [9.17, 15) is 25.4 Å². The second kappa shape index (κ2) is 13.8. The number of aromatic nitrogens is 1. The normalized spacial score (nSPS) is 14.6. The zero-order chi connectivity index (χ0) is 30.3. The fourth-order valence-corrected chi connectivity index (χ4v) is 5.86. The predicted molar refractivity (Wildman–Crippen MR) is 163 cm³/mol. The molecule has 0 radical (unpaired) electrons. The van der Waals surface area contributed by atoms with Crippen molar-refractivity contribution in [3.8, 4) is 22.9 Å². The molecule has 0 saturated heterocycles. The lowest BCUT2D eigenvalue weighted by Crippen LogP contribution is -2.39. The maximum atomic E-state index is 11.4. The lowest BCUT2D eigenvalue weighted by molar-refractivity contribution is -0.140. The van der Waals surface area contributed by atoms with Crippen LogP contribution in [0.2, 0.25) is 5.02 Å². The first kappa shape index (κ1) is 30.2. The van der Waals surface area contributed by atoms with Gasteiger partial charge < -0.3 is 20.1 Å². The van der Waals surface area contributed by atoms with Gasteiger partial charge in [0.05, 0.1) is 18.8 Å². The number of ether oxygens (including phenoxy) is 1. The molecular formula is C34H32ClN3O5. The Labute approximate surface area is 255 Å². The fraction of sp³-hybridized carbons (Fsp3) is 0.265. The van der Waals surface area contributed by atoms with Gasteiger partial charge in [0.25, 0.3) is 0 Å². The number of pyridine rings is 1. The van der Waals surface area contributed by atoms with E-state index >= 15 is 0 Å². The van der Waals surface area contributed by atoms with Crippen molar-refractivity contribution < 1.29 is 24.9 Å². The van der Waals surface area contributed by atoms with Crippen molar-refractivity contribution in [3.05, 3.63) is 117 Å². The van der Waals surface area contributed by atoms with Crippen molar-refractivity contribution in [2.24, 2.45) is 0 Å². The molecule has 0 spiro atoms. The Morgan fingerprint density at radius 1 is 1.09 bits per heavy atom. The Balaban J connectivity index is 1.41. The highest BCUT2D eigenvalue weighted by atomic mass is 35.5. The summed E-state index contributed by atoms with van der Waals surface area (Å²) in [6.45, 7) is -0.266. The molecular weight excluding hydrogens is 566 g/mol. The summed E-state index contributed by atoms with van der Waals surface area (Å²) in [6, 6.07) is 20.7. The Bertz CT molecular complexity index is 1650. The van der Waals surface area contributed by atoms with E-state index in [-0.39, 0.29) is 25.7 Å². The van der Waals surface area contributed by atoms with Crippen LogP contribution in [0.4, 0.5) is 0 Å². The number of aliphatic hydroxyl groups is 2. The third kappa shape index (κ3) is 7.04. The van der Waals surface area contributed by atoms with Crippen molar-refractivity contribution in [1.82, 2.24) is 10.3 Å². The first-order chi connectivity index (χ1) is 20.9. The molecule has 43 heavy (non-hydrogen) atoms. The van der Waals surface area contributed by atoms with Gasteiger partial charge in [-0.1, -0.05) is 54.1 Å². The number of carboxylic acid groups (broad SMARTS) is 1. The topological polar surface area (TPSA) is 136 Å². The van der Waals surface area contributed by atoms with Crippen LogP contribution in [0.1, 0.15) is 51.3 Å². The van der Waals surface area contributed by atoms with Crippen molar-refractivity contribution in [2.45, 2.75) is 51.0 Å². The molecule has 4 N–H and O–H groups in total. The molecule has 1 aliphatic carbocycles. The van der Waals surface area contributed by atoms with Crippen LogP contribution in [0.15, 0.2) is 73.1 Å². The van der Waals surface area contributed by atoms with Crippen LogP contribution < -0.4 is 10.1 Å². The Kier molecular flexibility index (Phi) is 9.70. The largest absolute Gasteiger partial charge is 0.489 e. The van der Waals surface area contributed by atoms with E-state index in [1.807, 2.05) is 18.2 Å². The van der Waals surface area contributed by atoms with Gasteiger partial charge in [0.1, 0.15) is 24.5 Å². The van der Waals surface area contributed by atoms with Crippen LogP contribution in [0, 0.1) is 11.3 Å². The number of carboxylic acids is 1. The molecule has 5 rings (SSSR count). The molecule has 4 aromatic rings. The molecule has 1 unspecified atom stereocenters. The quantitative estimate of drug-likeness (QED) is 0.176. The number of benzene rings is 3. The molecule has 0 bridgehead atoms. The maximum absolute atomic E-state index is 11.4. The standard InChI is InChI=1S/C34H32ClN3O5/c35-31-12-27(17-38-32(19-40)34(41)42)33(43-20-23-10-22(14-36)15-37-16-23)13-26(31)11-25-8-9-30-28(2-1-3-29(25)30)24-6-4-21(18-39)5-7-24/h1-7,10,12-13,15-16,25,32,38-40H,8-9,11,17-20H2,(H,41,42)/t25-,32?/m1/s1. The van der Waals surface area contributed by atoms with E-state index in [2.05, 4.69) is 46.7 Å². The van der Waals surface area contributed by atoms with Gasteiger partial charge in [0.15, 0.2) is 0 Å². The van der Waals surface area contributed by atoms with Crippen molar-refractivity contribution in [3.63, 3.8) is 0 Å². The fourth-order valence-electron chi connectivity index (χ4n) is 5.60. The number of nitrogens with one attached hydrogen (secondary N) is 1. The van der Waals surface area contributed by atoms with E-state index in [0.717, 1.165) is 35.1 Å². The number of nitrogens with zero attached hydrogens (tertiary/aromatic N) is 2. The molecule has 2 atom stereocenters. The highest BCUT2D eigenvalue weighted by Crippen LogP contribution is 2.42. The second-order valence-electron chi connectivity index (χ2n) is 10.7. The average Bonchev–Trinajstić information content (AvgIpc) is 3.44. The molecule has 0 saturated carbocycles. The monoisotopic (exact) mass is 597 g/mol. The number of hydrogen-bond donors (Lipinski definition) is 4. The molecule has 3 aromatic carbocycles. The van der Waals surface area contributed by atoms with Gasteiger partial charge >= 0.3 is 5.97 Å². The number of fused-ring (bicyclic) bond motifs is 1. The third-order valence-electron chi connectivity index (χ3n) is 7.88. The van der Waals surface area contributed by atoms with Gasteiger partial charge in [-0.05, 0) is 76.8 Å². The first-order valence-electron chi connectivity index (χ1n) is 14.1. The van der Waals surface area contributed by atoms with Gasteiger partial charge in [-0.2, -0.15) is 5.26 Å². The Hall–Kier alpha value is -4.26. The van der Waals surface area contributed by atoms with E-state index < -0.39 is 18.6 Å².